The fourth-order valence-corrected chi connectivity index (χ4v) is 5.48. The molecular weight excluding hydrogens is 384 g/mol. The van der Waals surface area contributed by atoms with E-state index in [0.717, 1.165) is 25.2 Å². The number of hydrogen-bond donors (Lipinski definition) is 0. The van der Waals surface area contributed by atoms with Gasteiger partial charge in [-0.05, 0) is 54.5 Å². The molecule has 0 amide bonds. The van der Waals surface area contributed by atoms with Gasteiger partial charge in [0.1, 0.15) is 5.75 Å². The van der Waals surface area contributed by atoms with Crippen LogP contribution in [0.25, 0.3) is 0 Å². The van der Waals surface area contributed by atoms with Crippen LogP contribution in [0.3, 0.4) is 0 Å². The van der Waals surface area contributed by atoms with Crippen molar-refractivity contribution in [1.29, 1.82) is 0 Å². The average Bonchev–Trinajstić information content (AvgIpc) is 3.50. The van der Waals surface area contributed by atoms with Gasteiger partial charge in [-0.1, -0.05) is 72.8 Å². The smallest absolute Gasteiger partial charge is 0.118 e. The topological polar surface area (TPSA) is 27.7 Å². The SMILES string of the molecule is COc1ccc([C@@]2(C)OC[C@H]3C[C@]32[C@H](OCCc2ccccc2)c2ccccc2)cc1. The number of rotatable bonds is 8. The maximum Gasteiger partial charge on any atom is 0.118 e. The third kappa shape index (κ3) is 3.46. The Labute approximate surface area is 185 Å². The predicted octanol–water partition coefficient (Wildman–Crippen LogP) is 5.95. The first-order valence-corrected chi connectivity index (χ1v) is 11.2. The highest BCUT2D eigenvalue weighted by molar-refractivity contribution is 5.39. The van der Waals surface area contributed by atoms with Crippen molar-refractivity contribution in [1.82, 2.24) is 0 Å². The number of ether oxygens (including phenoxy) is 3. The van der Waals surface area contributed by atoms with Crippen LogP contribution in [0.1, 0.15) is 36.1 Å². The largest absolute Gasteiger partial charge is 0.497 e. The van der Waals surface area contributed by atoms with Crippen molar-refractivity contribution in [2.75, 3.05) is 20.3 Å². The van der Waals surface area contributed by atoms with Crippen LogP contribution >= 0.6 is 0 Å². The molecule has 0 bridgehead atoms. The molecule has 3 heteroatoms. The molecule has 2 aliphatic rings. The number of fused-ring (bicyclic) bond motifs is 1. The Morgan fingerprint density at radius 1 is 0.935 bits per heavy atom. The van der Waals surface area contributed by atoms with Gasteiger partial charge < -0.3 is 14.2 Å². The first-order valence-electron chi connectivity index (χ1n) is 11.2. The van der Waals surface area contributed by atoms with Crippen molar-refractivity contribution < 1.29 is 14.2 Å². The minimum absolute atomic E-state index is 0.00276. The lowest BCUT2D eigenvalue weighted by molar-refractivity contribution is -0.108. The van der Waals surface area contributed by atoms with Crippen molar-refractivity contribution in [3.8, 4) is 5.75 Å². The molecule has 0 radical (unpaired) electrons. The van der Waals surface area contributed by atoms with Crippen LogP contribution in [-0.4, -0.2) is 20.3 Å². The van der Waals surface area contributed by atoms with Crippen molar-refractivity contribution in [3.63, 3.8) is 0 Å². The van der Waals surface area contributed by atoms with E-state index in [-0.39, 0.29) is 11.5 Å². The molecule has 3 aromatic carbocycles. The number of methoxy groups -OCH3 is 1. The third-order valence-corrected chi connectivity index (χ3v) is 7.34. The zero-order chi connectivity index (χ0) is 21.3. The highest BCUT2D eigenvalue weighted by Gasteiger charge is 2.74. The van der Waals surface area contributed by atoms with Gasteiger partial charge in [0.25, 0.3) is 0 Å². The van der Waals surface area contributed by atoms with E-state index < -0.39 is 5.60 Å². The highest BCUT2D eigenvalue weighted by Crippen LogP contribution is 2.75. The first kappa shape index (κ1) is 20.3. The molecule has 1 aliphatic carbocycles. The van der Waals surface area contributed by atoms with Crippen LogP contribution in [0.15, 0.2) is 84.9 Å². The van der Waals surface area contributed by atoms with Crippen LogP contribution in [0.2, 0.25) is 0 Å². The summed E-state index contributed by atoms with van der Waals surface area (Å²) in [6, 6.07) is 29.6. The molecule has 0 spiro atoms. The lowest BCUT2D eigenvalue weighted by Gasteiger charge is -2.40. The average molecular weight is 415 g/mol. The maximum atomic E-state index is 6.72. The van der Waals surface area contributed by atoms with E-state index in [9.17, 15) is 0 Å². The molecule has 160 valence electrons. The van der Waals surface area contributed by atoms with Gasteiger partial charge in [-0.25, -0.2) is 0 Å². The van der Waals surface area contributed by atoms with E-state index in [1.807, 2.05) is 12.1 Å². The summed E-state index contributed by atoms with van der Waals surface area (Å²) in [6.45, 7) is 3.73. The Morgan fingerprint density at radius 2 is 1.61 bits per heavy atom. The lowest BCUT2D eigenvalue weighted by Crippen LogP contribution is -2.38. The van der Waals surface area contributed by atoms with E-state index in [4.69, 9.17) is 14.2 Å². The summed E-state index contributed by atoms with van der Waals surface area (Å²) >= 11 is 0. The van der Waals surface area contributed by atoms with Crippen molar-refractivity contribution >= 4 is 0 Å². The van der Waals surface area contributed by atoms with Crippen LogP contribution in [0, 0.1) is 11.3 Å². The van der Waals surface area contributed by atoms with Gasteiger partial charge in [-0.15, -0.1) is 0 Å². The summed E-state index contributed by atoms with van der Waals surface area (Å²) < 4.78 is 18.6. The molecule has 1 aliphatic heterocycles. The Hall–Kier alpha value is -2.62. The molecule has 5 rings (SSSR count). The Morgan fingerprint density at radius 3 is 2.26 bits per heavy atom. The van der Waals surface area contributed by atoms with E-state index >= 15 is 0 Å². The Bertz CT molecular complexity index is 1000. The molecule has 3 aromatic rings. The van der Waals surface area contributed by atoms with E-state index in [2.05, 4.69) is 79.7 Å². The normalized spacial score (nSPS) is 27.5. The van der Waals surface area contributed by atoms with Crippen LogP contribution in [-0.2, 0) is 21.5 Å². The molecule has 4 atom stereocenters. The van der Waals surface area contributed by atoms with E-state index in [1.165, 1.54) is 16.7 Å². The first-order chi connectivity index (χ1) is 15.2. The molecule has 0 N–H and O–H groups in total. The predicted molar refractivity (Wildman–Crippen MR) is 122 cm³/mol. The quantitative estimate of drug-likeness (QED) is 0.456. The highest BCUT2D eigenvalue weighted by atomic mass is 16.5. The molecule has 1 saturated carbocycles. The summed E-state index contributed by atoms with van der Waals surface area (Å²) in [5.74, 6) is 1.38. The minimum Gasteiger partial charge on any atom is -0.497 e. The fraction of sp³-hybridized carbons (Fsp3) is 0.357. The second-order valence-corrected chi connectivity index (χ2v) is 8.91. The molecular formula is C28H30O3. The van der Waals surface area contributed by atoms with Crippen LogP contribution in [0.5, 0.6) is 5.75 Å². The van der Waals surface area contributed by atoms with Gasteiger partial charge in [0.05, 0.1) is 32.0 Å². The monoisotopic (exact) mass is 414 g/mol. The molecule has 31 heavy (non-hydrogen) atoms. The fourth-order valence-electron chi connectivity index (χ4n) is 5.48. The van der Waals surface area contributed by atoms with Gasteiger partial charge in [0.15, 0.2) is 0 Å². The van der Waals surface area contributed by atoms with Crippen molar-refractivity contribution in [3.05, 3.63) is 102 Å². The number of benzene rings is 3. The van der Waals surface area contributed by atoms with E-state index in [0.29, 0.717) is 12.5 Å². The van der Waals surface area contributed by atoms with Gasteiger partial charge in [-0.3, -0.25) is 0 Å². The van der Waals surface area contributed by atoms with Crippen LogP contribution in [0.4, 0.5) is 0 Å². The van der Waals surface area contributed by atoms with Gasteiger partial charge >= 0.3 is 0 Å². The summed E-state index contributed by atoms with van der Waals surface area (Å²) in [5, 5.41) is 0. The van der Waals surface area contributed by atoms with Gasteiger partial charge in [-0.2, -0.15) is 0 Å². The number of hydrogen-bond acceptors (Lipinski definition) is 3. The molecule has 2 fully saturated rings. The molecule has 3 nitrogen and oxygen atoms in total. The van der Waals surface area contributed by atoms with Crippen LogP contribution < -0.4 is 4.74 Å². The Balaban J connectivity index is 1.46. The molecule has 1 heterocycles. The second kappa shape index (κ2) is 8.14. The lowest BCUT2D eigenvalue weighted by atomic mass is 9.74. The Kier molecular flexibility index (Phi) is 5.33. The van der Waals surface area contributed by atoms with Gasteiger partial charge in [0.2, 0.25) is 0 Å². The summed E-state index contributed by atoms with van der Waals surface area (Å²) in [5.41, 5.74) is 3.29. The maximum absolute atomic E-state index is 6.72. The summed E-state index contributed by atoms with van der Waals surface area (Å²) in [4.78, 5) is 0. The van der Waals surface area contributed by atoms with E-state index in [1.54, 1.807) is 7.11 Å². The van der Waals surface area contributed by atoms with Crippen molar-refractivity contribution in [2.24, 2.45) is 11.3 Å². The van der Waals surface area contributed by atoms with Crippen molar-refractivity contribution in [2.45, 2.75) is 31.5 Å². The second-order valence-electron chi connectivity index (χ2n) is 8.91. The zero-order valence-electron chi connectivity index (χ0n) is 18.3. The molecule has 1 saturated heterocycles. The molecule has 0 unspecified atom stereocenters. The summed E-state index contributed by atoms with van der Waals surface area (Å²) in [7, 11) is 1.70. The third-order valence-electron chi connectivity index (χ3n) is 7.34. The summed E-state index contributed by atoms with van der Waals surface area (Å²) in [6.07, 6.45) is 2.03. The minimum atomic E-state index is -0.392. The van der Waals surface area contributed by atoms with Gasteiger partial charge in [0, 0.05) is 5.41 Å². The molecule has 0 aromatic heterocycles. The standard InChI is InChI=1S/C28H30O3/c1-27(23-13-15-25(29-2)16-14-23)28(19-24(28)20-31-27)26(22-11-7-4-8-12-22)30-18-17-21-9-5-3-6-10-21/h3-16,24,26H,17-20H2,1-2H3/t24-,26-,27-,28-/m1/s1. The zero-order valence-corrected chi connectivity index (χ0v) is 18.3.